The molecule has 2 aromatic rings. The minimum absolute atomic E-state index is 0.0636. The third-order valence-corrected chi connectivity index (χ3v) is 3.14. The van der Waals surface area contributed by atoms with Gasteiger partial charge in [-0.25, -0.2) is 0 Å². The lowest BCUT2D eigenvalue weighted by atomic mass is 10.2. The number of esters is 1. The highest BCUT2D eigenvalue weighted by Gasteiger charge is 2.10. The topological polar surface area (TPSA) is 68.5 Å². The van der Waals surface area contributed by atoms with Gasteiger partial charge in [0.25, 0.3) is 5.91 Å². The van der Waals surface area contributed by atoms with Crippen LogP contribution < -0.4 is 10.1 Å². The van der Waals surface area contributed by atoms with Crippen molar-refractivity contribution in [1.29, 1.82) is 0 Å². The molecule has 1 heterocycles. The maximum atomic E-state index is 11.6. The number of carbonyl (C=O) groups is 2. The quantitative estimate of drug-likeness (QED) is 0.681. The number of hydrogen-bond acceptors (Lipinski definition) is 4. The first kappa shape index (κ1) is 15.1. The van der Waals surface area contributed by atoms with E-state index in [2.05, 4.69) is 5.32 Å². The summed E-state index contributed by atoms with van der Waals surface area (Å²) in [6.07, 6.45) is 1.47. The zero-order chi connectivity index (χ0) is 15.2. The van der Waals surface area contributed by atoms with Gasteiger partial charge >= 0.3 is 5.97 Å². The van der Waals surface area contributed by atoms with E-state index in [9.17, 15) is 9.59 Å². The highest BCUT2D eigenvalue weighted by molar-refractivity contribution is 6.31. The molecule has 6 heteroatoms. The van der Waals surface area contributed by atoms with E-state index in [1.807, 2.05) is 6.92 Å². The summed E-state index contributed by atoms with van der Waals surface area (Å²) in [4.78, 5) is 23.2. The normalized spacial score (nSPS) is 10.2. The number of amides is 1. The van der Waals surface area contributed by atoms with Crippen molar-refractivity contribution in [3.05, 3.63) is 52.9 Å². The summed E-state index contributed by atoms with van der Waals surface area (Å²) in [5, 5.41) is 3.18. The molecule has 0 spiro atoms. The second-order valence-corrected chi connectivity index (χ2v) is 4.78. The number of carbonyl (C=O) groups excluding carboxylic acids is 2. The van der Waals surface area contributed by atoms with Gasteiger partial charge in [-0.15, -0.1) is 0 Å². The van der Waals surface area contributed by atoms with E-state index < -0.39 is 5.97 Å². The van der Waals surface area contributed by atoms with Crippen LogP contribution in [0.25, 0.3) is 0 Å². The van der Waals surface area contributed by atoms with Crippen LogP contribution in [-0.2, 0) is 4.79 Å². The Bertz CT molecular complexity index is 637. The van der Waals surface area contributed by atoms with Gasteiger partial charge in [-0.2, -0.15) is 0 Å². The van der Waals surface area contributed by atoms with Crippen LogP contribution in [0.1, 0.15) is 22.5 Å². The van der Waals surface area contributed by atoms with Crippen molar-refractivity contribution >= 4 is 23.5 Å². The third kappa shape index (κ3) is 4.36. The molecule has 1 aromatic carbocycles. The van der Waals surface area contributed by atoms with Gasteiger partial charge in [0, 0.05) is 11.6 Å². The minimum atomic E-state index is -0.434. The lowest BCUT2D eigenvalue weighted by Crippen LogP contribution is -2.26. The molecule has 110 valence electrons. The van der Waals surface area contributed by atoms with Crippen LogP contribution in [0.5, 0.6) is 5.75 Å². The fourth-order valence-corrected chi connectivity index (χ4v) is 1.75. The Morgan fingerprint density at radius 2 is 2.14 bits per heavy atom. The maximum absolute atomic E-state index is 11.6. The summed E-state index contributed by atoms with van der Waals surface area (Å²) >= 11 is 5.89. The molecule has 5 nitrogen and oxygen atoms in total. The predicted molar refractivity (Wildman–Crippen MR) is 77.5 cm³/mol. The van der Waals surface area contributed by atoms with E-state index in [0.29, 0.717) is 10.8 Å². The van der Waals surface area contributed by atoms with Crippen molar-refractivity contribution in [2.45, 2.75) is 13.3 Å². The number of rotatable bonds is 5. The summed E-state index contributed by atoms with van der Waals surface area (Å²) in [5.74, 6) is -0.164. The van der Waals surface area contributed by atoms with Crippen LogP contribution in [0, 0.1) is 6.92 Å². The van der Waals surface area contributed by atoms with Gasteiger partial charge in [-0.05, 0) is 42.8 Å². The van der Waals surface area contributed by atoms with Crippen molar-refractivity contribution in [1.82, 2.24) is 5.32 Å². The summed E-state index contributed by atoms with van der Waals surface area (Å²) in [6.45, 7) is 1.99. The number of benzene rings is 1. The molecule has 21 heavy (non-hydrogen) atoms. The van der Waals surface area contributed by atoms with Crippen LogP contribution in [-0.4, -0.2) is 18.4 Å². The zero-order valence-electron chi connectivity index (χ0n) is 11.4. The van der Waals surface area contributed by atoms with Crippen molar-refractivity contribution < 1.29 is 18.7 Å². The second-order valence-electron chi connectivity index (χ2n) is 4.37. The van der Waals surface area contributed by atoms with Crippen LogP contribution in [0.15, 0.2) is 41.0 Å². The molecule has 0 aliphatic rings. The first-order valence-electron chi connectivity index (χ1n) is 6.35. The van der Waals surface area contributed by atoms with Gasteiger partial charge in [-0.3, -0.25) is 9.59 Å². The Morgan fingerprint density at radius 1 is 1.33 bits per heavy atom. The maximum Gasteiger partial charge on any atom is 0.312 e. The molecule has 0 aliphatic carbocycles. The molecule has 1 N–H and O–H groups in total. The molecule has 0 saturated heterocycles. The van der Waals surface area contributed by atoms with Crippen LogP contribution in [0.3, 0.4) is 0 Å². The summed E-state index contributed by atoms with van der Waals surface area (Å²) in [7, 11) is 0. The average molecular weight is 308 g/mol. The molecule has 0 bridgehead atoms. The number of furan rings is 1. The Labute approximate surface area is 126 Å². The van der Waals surface area contributed by atoms with Crippen LogP contribution >= 0.6 is 11.6 Å². The van der Waals surface area contributed by atoms with Crippen LogP contribution in [0.2, 0.25) is 5.02 Å². The van der Waals surface area contributed by atoms with E-state index >= 15 is 0 Å². The standard InChI is InChI=1S/C15H14ClNO4/c1-10-9-11(4-5-12(10)16)21-14(18)6-7-17-15(19)13-3-2-8-20-13/h2-5,8-9H,6-7H2,1H3,(H,17,19). The summed E-state index contributed by atoms with van der Waals surface area (Å²) < 4.78 is 10.1. The van der Waals surface area contributed by atoms with Crippen LogP contribution in [0.4, 0.5) is 0 Å². The monoisotopic (exact) mass is 307 g/mol. The smallest absolute Gasteiger partial charge is 0.312 e. The molecule has 0 unspecified atom stereocenters. The van der Waals surface area contributed by atoms with Gasteiger partial charge < -0.3 is 14.5 Å². The molecule has 0 radical (unpaired) electrons. The fraction of sp³-hybridized carbons (Fsp3) is 0.200. The highest BCUT2D eigenvalue weighted by Crippen LogP contribution is 2.21. The van der Waals surface area contributed by atoms with E-state index in [1.165, 1.54) is 6.26 Å². The van der Waals surface area contributed by atoms with Gasteiger partial charge in [0.05, 0.1) is 12.7 Å². The molecule has 1 amide bonds. The van der Waals surface area contributed by atoms with Crippen molar-refractivity contribution in [3.8, 4) is 5.75 Å². The first-order valence-corrected chi connectivity index (χ1v) is 6.72. The van der Waals surface area contributed by atoms with Crippen molar-refractivity contribution in [2.24, 2.45) is 0 Å². The predicted octanol–water partition coefficient (Wildman–Crippen LogP) is 2.97. The molecule has 2 rings (SSSR count). The van der Waals surface area contributed by atoms with E-state index in [1.54, 1.807) is 30.3 Å². The van der Waals surface area contributed by atoms with Gasteiger partial charge in [-0.1, -0.05) is 11.6 Å². The van der Waals surface area contributed by atoms with Gasteiger partial charge in [0.15, 0.2) is 5.76 Å². The minimum Gasteiger partial charge on any atom is -0.459 e. The number of nitrogens with one attached hydrogen (secondary N) is 1. The molecular weight excluding hydrogens is 294 g/mol. The molecule has 0 aliphatic heterocycles. The Morgan fingerprint density at radius 3 is 2.81 bits per heavy atom. The second kappa shape index (κ2) is 6.95. The molecule has 0 saturated carbocycles. The van der Waals surface area contributed by atoms with Gasteiger partial charge in [0.1, 0.15) is 5.75 Å². The number of aryl methyl sites for hydroxylation is 1. The number of halogens is 1. The van der Waals surface area contributed by atoms with E-state index in [-0.39, 0.29) is 24.6 Å². The lowest BCUT2D eigenvalue weighted by molar-refractivity contribution is -0.134. The van der Waals surface area contributed by atoms with E-state index in [0.717, 1.165) is 5.56 Å². The third-order valence-electron chi connectivity index (χ3n) is 2.72. The molecule has 0 fully saturated rings. The number of ether oxygens (including phenoxy) is 1. The highest BCUT2D eigenvalue weighted by atomic mass is 35.5. The fourth-order valence-electron chi connectivity index (χ4n) is 1.64. The SMILES string of the molecule is Cc1cc(OC(=O)CCNC(=O)c2ccco2)ccc1Cl. The summed E-state index contributed by atoms with van der Waals surface area (Å²) in [6, 6.07) is 8.13. The Hall–Kier alpha value is -2.27. The lowest BCUT2D eigenvalue weighted by Gasteiger charge is -2.06. The van der Waals surface area contributed by atoms with Crippen molar-refractivity contribution in [3.63, 3.8) is 0 Å². The van der Waals surface area contributed by atoms with Crippen molar-refractivity contribution in [2.75, 3.05) is 6.54 Å². The molecule has 0 atom stereocenters. The zero-order valence-corrected chi connectivity index (χ0v) is 12.1. The first-order chi connectivity index (χ1) is 10.1. The summed E-state index contributed by atoms with van der Waals surface area (Å²) in [5.41, 5.74) is 0.827. The Kier molecular flexibility index (Phi) is 5.00. The van der Waals surface area contributed by atoms with E-state index in [4.69, 9.17) is 20.8 Å². The number of hydrogen-bond donors (Lipinski definition) is 1. The largest absolute Gasteiger partial charge is 0.459 e. The average Bonchev–Trinajstić information content (AvgIpc) is 2.97. The molecule has 1 aromatic heterocycles. The Balaban J connectivity index is 1.77. The molecular formula is C15H14ClNO4. The van der Waals surface area contributed by atoms with Gasteiger partial charge in [0.2, 0.25) is 0 Å².